The second-order valence-corrected chi connectivity index (χ2v) is 6.71. The monoisotopic (exact) mass is 420 g/mol. The Morgan fingerprint density at radius 1 is 0.560 bits per heavy atom. The van der Waals surface area contributed by atoms with Crippen molar-refractivity contribution >= 4 is 12.4 Å². The van der Waals surface area contributed by atoms with E-state index < -0.39 is 0 Å². The van der Waals surface area contributed by atoms with Gasteiger partial charge in [-0.05, 0) is 6.42 Å². The first-order valence-electron chi connectivity index (χ1n) is 9.87. The van der Waals surface area contributed by atoms with Gasteiger partial charge >= 0.3 is 19.5 Å². The topological polar surface area (TPSA) is 32.4 Å². The van der Waals surface area contributed by atoms with Crippen molar-refractivity contribution in [3.8, 4) is 0 Å². The van der Waals surface area contributed by atoms with Crippen LogP contribution in [-0.4, -0.2) is 0 Å². The number of pyridine rings is 1. The fraction of sp³-hybridized carbons (Fsp3) is 0.762. The van der Waals surface area contributed by atoms with Crippen LogP contribution in [0.1, 0.15) is 96.8 Å². The zero-order valence-electron chi connectivity index (χ0n) is 16.5. The van der Waals surface area contributed by atoms with Gasteiger partial charge in [-0.15, -0.1) is 12.4 Å². The van der Waals surface area contributed by atoms with Gasteiger partial charge in [0.25, 0.3) is 0 Å². The molecule has 0 spiro atoms. The van der Waals surface area contributed by atoms with E-state index in [0.717, 1.165) is 0 Å². The fourth-order valence-corrected chi connectivity index (χ4v) is 3.07. The van der Waals surface area contributed by atoms with Crippen LogP contribution in [-0.2, 0) is 31.5 Å². The number of hydrogen-bond donors (Lipinski definition) is 0. The molecule has 1 heterocycles. The molecule has 0 aliphatic heterocycles. The van der Waals surface area contributed by atoms with Gasteiger partial charge in [-0.2, -0.15) is 0 Å². The Hall–Kier alpha value is 0.0234. The summed E-state index contributed by atoms with van der Waals surface area (Å²) < 4.78 is 2.29. The summed E-state index contributed by atoms with van der Waals surface area (Å²) in [6.45, 7) is 3.47. The van der Waals surface area contributed by atoms with Gasteiger partial charge in [0.05, 0.1) is 0 Å². The van der Waals surface area contributed by atoms with Crippen LogP contribution < -0.4 is 4.57 Å². The number of halogens is 1. The zero-order valence-corrected chi connectivity index (χ0v) is 20.2. The molecule has 0 amide bonds. The second kappa shape index (κ2) is 24.0. The molecule has 0 radical (unpaired) electrons. The van der Waals surface area contributed by atoms with E-state index >= 15 is 0 Å². The van der Waals surface area contributed by atoms with Crippen molar-refractivity contribution in [1.29, 1.82) is 0 Å². The number of unbranched alkanes of at least 4 members (excludes halogenated alkanes) is 13. The Morgan fingerprint density at radius 3 is 1.32 bits per heavy atom. The summed E-state index contributed by atoms with van der Waals surface area (Å²) in [5.41, 5.74) is 0. The molecule has 0 aliphatic rings. The molecule has 0 saturated heterocycles. The molecule has 1 aromatic heterocycles. The van der Waals surface area contributed by atoms with Crippen LogP contribution in [0.2, 0.25) is 0 Å². The van der Waals surface area contributed by atoms with Gasteiger partial charge in [0.15, 0.2) is 12.4 Å². The van der Waals surface area contributed by atoms with E-state index in [1.165, 1.54) is 96.4 Å². The summed E-state index contributed by atoms with van der Waals surface area (Å²) in [4.78, 5) is 0. The Balaban J connectivity index is -0.00000161. The van der Waals surface area contributed by atoms with Crippen LogP contribution in [0.15, 0.2) is 30.6 Å². The zero-order chi connectivity index (χ0) is 15.7. The Morgan fingerprint density at radius 2 is 0.920 bits per heavy atom. The molecular formula is C21H39ClNOZn+. The molecule has 0 unspecified atom stereocenters. The summed E-state index contributed by atoms with van der Waals surface area (Å²) >= 11 is 0. The maximum absolute atomic E-state index is 2.29. The molecule has 0 saturated carbocycles. The minimum Gasteiger partial charge on any atom is -2.00 e. The largest absolute Gasteiger partial charge is 2.00 e. The minimum absolute atomic E-state index is 0. The van der Waals surface area contributed by atoms with Crippen LogP contribution in [0.5, 0.6) is 0 Å². The molecule has 0 N–H and O–H groups in total. The summed E-state index contributed by atoms with van der Waals surface area (Å²) in [6, 6.07) is 6.31. The second-order valence-electron chi connectivity index (χ2n) is 6.71. The summed E-state index contributed by atoms with van der Waals surface area (Å²) in [6.07, 6.45) is 24.4. The predicted octanol–water partition coefficient (Wildman–Crippen LogP) is 6.76. The summed E-state index contributed by atoms with van der Waals surface area (Å²) in [5, 5.41) is 0. The molecule has 0 aromatic carbocycles. The third-order valence-electron chi connectivity index (χ3n) is 4.55. The van der Waals surface area contributed by atoms with Crippen LogP contribution in [0.4, 0.5) is 0 Å². The molecule has 1 aromatic rings. The van der Waals surface area contributed by atoms with Gasteiger partial charge in [0.2, 0.25) is 0 Å². The maximum atomic E-state index is 2.29. The van der Waals surface area contributed by atoms with Gasteiger partial charge in [-0.1, -0.05) is 90.0 Å². The maximum Gasteiger partial charge on any atom is 2.00 e. The van der Waals surface area contributed by atoms with E-state index in [4.69, 9.17) is 0 Å². The number of nitrogens with zero attached hydrogens (tertiary/aromatic N) is 1. The molecule has 0 atom stereocenters. The van der Waals surface area contributed by atoms with Crippen molar-refractivity contribution in [3.63, 3.8) is 0 Å². The Bertz CT molecular complexity index is 338. The molecule has 0 bridgehead atoms. The fourth-order valence-electron chi connectivity index (χ4n) is 3.07. The van der Waals surface area contributed by atoms with Crippen LogP contribution in [0.3, 0.4) is 0 Å². The Labute approximate surface area is 175 Å². The van der Waals surface area contributed by atoms with Crippen molar-refractivity contribution in [2.24, 2.45) is 0 Å². The van der Waals surface area contributed by atoms with Gasteiger partial charge in [-0.3, -0.25) is 0 Å². The number of rotatable bonds is 15. The van der Waals surface area contributed by atoms with E-state index in [9.17, 15) is 0 Å². The molecule has 2 nitrogen and oxygen atoms in total. The van der Waals surface area contributed by atoms with E-state index in [0.29, 0.717) is 0 Å². The smallest absolute Gasteiger partial charge is 2.00 e. The van der Waals surface area contributed by atoms with Crippen LogP contribution in [0.25, 0.3) is 0 Å². The van der Waals surface area contributed by atoms with Crippen molar-refractivity contribution in [2.45, 2.75) is 103 Å². The van der Waals surface area contributed by atoms with E-state index in [-0.39, 0.29) is 37.4 Å². The molecule has 142 valence electrons. The Kier molecular flexibility index (Phi) is 28.6. The first-order chi connectivity index (χ1) is 10.9. The van der Waals surface area contributed by atoms with E-state index in [2.05, 4.69) is 42.1 Å². The number of hydrogen-bond acceptors (Lipinski definition) is 0. The summed E-state index contributed by atoms with van der Waals surface area (Å²) in [7, 11) is 0. The quantitative estimate of drug-likeness (QED) is 0.170. The van der Waals surface area contributed by atoms with Crippen molar-refractivity contribution in [1.82, 2.24) is 0 Å². The average Bonchev–Trinajstić information content (AvgIpc) is 2.56. The minimum atomic E-state index is 0. The van der Waals surface area contributed by atoms with Gasteiger partial charge in [0, 0.05) is 18.6 Å². The number of aromatic nitrogens is 1. The molecule has 0 aliphatic carbocycles. The molecule has 25 heavy (non-hydrogen) atoms. The van der Waals surface area contributed by atoms with Crippen LogP contribution in [0, 0.1) is 0 Å². The molecular weight excluding hydrogens is 383 g/mol. The van der Waals surface area contributed by atoms with Gasteiger partial charge in [-0.25, -0.2) is 4.57 Å². The van der Waals surface area contributed by atoms with Crippen molar-refractivity contribution in [3.05, 3.63) is 30.6 Å². The first kappa shape index (κ1) is 29.8. The van der Waals surface area contributed by atoms with Gasteiger partial charge < -0.3 is 5.48 Å². The van der Waals surface area contributed by atoms with Gasteiger partial charge in [0.1, 0.15) is 6.54 Å². The normalized spacial score (nSPS) is 9.64. The summed E-state index contributed by atoms with van der Waals surface area (Å²) in [5.74, 6) is 0. The van der Waals surface area contributed by atoms with E-state index in [1.807, 2.05) is 0 Å². The first-order valence-corrected chi connectivity index (χ1v) is 9.87. The molecule has 0 fully saturated rings. The SMILES string of the molecule is CCCCCCCCCCCCCCCC[n+]1ccccc1.Cl.[O-2].[Zn+2]. The average molecular weight is 422 g/mol. The molecule has 4 heteroatoms. The van der Waals surface area contributed by atoms with Crippen molar-refractivity contribution in [2.75, 3.05) is 0 Å². The van der Waals surface area contributed by atoms with Crippen molar-refractivity contribution < 1.29 is 29.5 Å². The molecule has 1 rings (SSSR count). The number of aryl methyl sites for hydroxylation is 1. The van der Waals surface area contributed by atoms with Crippen LogP contribution >= 0.6 is 12.4 Å². The van der Waals surface area contributed by atoms with E-state index in [1.54, 1.807) is 0 Å². The third-order valence-corrected chi connectivity index (χ3v) is 4.55. The third kappa shape index (κ3) is 20.2. The standard InChI is InChI=1S/C21H38N.ClH.O.Zn/c1-2-3-4-5-6-7-8-9-10-11-12-13-14-16-19-22-20-17-15-18-21-22;;;/h15,17-18,20-21H,2-14,16,19H2,1H3;1H;;/q+1;;-2;+2. The predicted molar refractivity (Wildman–Crippen MR) is 105 cm³/mol.